The standard InChI is InChI=1S/C52H53N2O.C15H16N.Ir/c1-31(2)42-27-37(34-17-13-12-14-18-34)28-43(32(3)4)48(42)54-45-20-16-15-19-44(45)53-50(54)41-23-21-33(5)47-40-24-22-35(29-46(40)55-49(41)47)36-25-38(51(6,7)8)30-39(26-36)52(9,10)11;1-15(2,3)13-9-10-16-14(11-13)12-7-5-4-6-8-12;/h12-22,24-32H,1-11H3;4-7,9-11H,1-3H3;/q2*-1;/i5D3;;. The summed E-state index contributed by atoms with van der Waals surface area (Å²) < 4.78 is 35.1. The third kappa shape index (κ3) is 10.4. The zero-order valence-corrected chi connectivity index (χ0v) is 46.6. The van der Waals surface area contributed by atoms with Crippen LogP contribution in [0.2, 0.25) is 0 Å². The summed E-state index contributed by atoms with van der Waals surface area (Å²) in [5, 5.41) is 1.32. The Kier molecular flexibility index (Phi) is 13.5. The smallest absolute Gasteiger partial charge is 0.121 e. The molecule has 72 heavy (non-hydrogen) atoms. The predicted molar refractivity (Wildman–Crippen MR) is 301 cm³/mol. The number of hydrogen-bond donors (Lipinski definition) is 0. The average molecular weight is 1130 g/mol. The second kappa shape index (κ2) is 20.3. The van der Waals surface area contributed by atoms with Crippen LogP contribution in [0.1, 0.15) is 139 Å². The summed E-state index contributed by atoms with van der Waals surface area (Å²) in [7, 11) is 0. The summed E-state index contributed by atoms with van der Waals surface area (Å²) in [6.45, 7) is 26.7. The van der Waals surface area contributed by atoms with Gasteiger partial charge in [-0.1, -0.05) is 187 Å². The van der Waals surface area contributed by atoms with Crippen LogP contribution in [0.15, 0.2) is 156 Å². The molecule has 0 aliphatic rings. The Morgan fingerprint density at radius 3 is 1.83 bits per heavy atom. The maximum atomic E-state index is 8.64. The molecule has 0 unspecified atom stereocenters. The van der Waals surface area contributed by atoms with E-state index in [2.05, 4.69) is 203 Å². The molecular formula is C67H69IrN3O-2. The summed E-state index contributed by atoms with van der Waals surface area (Å²) >= 11 is 0. The minimum absolute atomic E-state index is 0. The molecule has 4 nitrogen and oxygen atoms in total. The van der Waals surface area contributed by atoms with Gasteiger partial charge in [0, 0.05) is 41.5 Å². The Balaban J connectivity index is 0.000000375. The molecule has 7 aromatic carbocycles. The summed E-state index contributed by atoms with van der Waals surface area (Å²) in [6.07, 6.45) is 1.87. The number of benzene rings is 7. The SMILES string of the molecule is CC(C)(C)c1ccnc(-c2[c-]cccc2)c1.[2H]C([2H])([2H])c1c[c-]c(-c2nc3ccccc3n2-c2c(C(C)C)cc(-c3ccccc3)cc2C(C)C)c2oc3cc(-c4cc(C(C)(C)C)cc(C(C)(C)C)c4)ccc3c12.[Ir]. The number of para-hydroxylation sites is 2. The fourth-order valence-corrected chi connectivity index (χ4v) is 9.46. The topological polar surface area (TPSA) is 43.9 Å². The third-order valence-electron chi connectivity index (χ3n) is 13.7. The molecule has 10 aromatic rings. The van der Waals surface area contributed by atoms with E-state index in [9.17, 15) is 0 Å². The van der Waals surface area contributed by atoms with Crippen molar-refractivity contribution in [1.82, 2.24) is 14.5 Å². The van der Waals surface area contributed by atoms with Crippen LogP contribution in [-0.4, -0.2) is 14.5 Å². The minimum atomic E-state index is -2.39. The first-order chi connectivity index (χ1) is 34.9. The molecule has 3 aromatic heterocycles. The van der Waals surface area contributed by atoms with E-state index in [1.165, 1.54) is 38.9 Å². The molecule has 0 amide bonds. The number of aryl methyl sites for hydroxylation is 1. The molecule has 1 radical (unpaired) electrons. The van der Waals surface area contributed by atoms with Crippen molar-refractivity contribution in [2.45, 2.75) is 125 Å². The van der Waals surface area contributed by atoms with E-state index in [1.807, 2.05) is 54.7 Å². The first-order valence-corrected chi connectivity index (χ1v) is 25.1. The number of rotatable bonds is 7. The van der Waals surface area contributed by atoms with Gasteiger partial charge < -0.3 is 14.0 Å². The Bertz CT molecular complexity index is 3600. The molecule has 10 rings (SSSR count). The van der Waals surface area contributed by atoms with Crippen molar-refractivity contribution in [3.05, 3.63) is 197 Å². The largest absolute Gasteiger partial charge is 0.501 e. The first-order valence-electron chi connectivity index (χ1n) is 26.6. The van der Waals surface area contributed by atoms with Crippen LogP contribution in [0.25, 0.3) is 83.6 Å². The average Bonchev–Trinajstić information content (AvgIpc) is 3.94. The maximum Gasteiger partial charge on any atom is 0.121 e. The maximum absolute atomic E-state index is 8.64. The molecule has 0 atom stereocenters. The summed E-state index contributed by atoms with van der Waals surface area (Å²) in [6, 6.07) is 56.9. The van der Waals surface area contributed by atoms with Gasteiger partial charge in [0.15, 0.2) is 0 Å². The third-order valence-corrected chi connectivity index (χ3v) is 13.7. The van der Waals surface area contributed by atoms with Gasteiger partial charge in [0.25, 0.3) is 0 Å². The van der Waals surface area contributed by atoms with Crippen LogP contribution in [0.5, 0.6) is 0 Å². The number of nitrogens with zero attached hydrogens (tertiary/aromatic N) is 3. The number of furan rings is 1. The molecule has 0 spiro atoms. The summed E-state index contributed by atoms with van der Waals surface area (Å²) in [5.74, 6) is 1.03. The van der Waals surface area contributed by atoms with Crippen molar-refractivity contribution in [1.29, 1.82) is 0 Å². The Labute approximate surface area is 446 Å². The van der Waals surface area contributed by atoms with Gasteiger partial charge in [-0.05, 0) is 120 Å². The fourth-order valence-electron chi connectivity index (χ4n) is 9.46. The van der Waals surface area contributed by atoms with Gasteiger partial charge in [-0.3, -0.25) is 4.98 Å². The summed E-state index contributed by atoms with van der Waals surface area (Å²) in [4.78, 5) is 9.71. The number of aromatic nitrogens is 3. The van der Waals surface area contributed by atoms with Gasteiger partial charge >= 0.3 is 0 Å². The second-order valence-electron chi connectivity index (χ2n) is 22.8. The van der Waals surface area contributed by atoms with Gasteiger partial charge in [-0.15, -0.1) is 53.6 Å². The molecule has 3 heterocycles. The quantitative estimate of drug-likeness (QED) is 0.149. The van der Waals surface area contributed by atoms with E-state index < -0.39 is 6.85 Å². The van der Waals surface area contributed by atoms with Crippen LogP contribution in [0.3, 0.4) is 0 Å². The number of fused-ring (bicyclic) bond motifs is 4. The van der Waals surface area contributed by atoms with E-state index in [1.54, 1.807) is 6.07 Å². The van der Waals surface area contributed by atoms with Crippen molar-refractivity contribution < 1.29 is 28.6 Å². The van der Waals surface area contributed by atoms with Gasteiger partial charge in [0.1, 0.15) is 5.58 Å². The molecule has 0 aliphatic heterocycles. The minimum Gasteiger partial charge on any atom is -0.501 e. The van der Waals surface area contributed by atoms with Crippen LogP contribution in [-0.2, 0) is 36.4 Å². The molecular weight excluding hydrogens is 1050 g/mol. The number of pyridine rings is 1. The molecule has 0 saturated heterocycles. The van der Waals surface area contributed by atoms with Crippen LogP contribution >= 0.6 is 0 Å². The molecule has 0 fully saturated rings. The summed E-state index contributed by atoms with van der Waals surface area (Å²) in [5.41, 5.74) is 17.6. The molecule has 0 aliphatic carbocycles. The van der Waals surface area contributed by atoms with E-state index in [0.29, 0.717) is 27.9 Å². The van der Waals surface area contributed by atoms with Crippen LogP contribution in [0.4, 0.5) is 0 Å². The molecule has 0 N–H and O–H groups in total. The fraction of sp³-hybridized carbons (Fsp3) is 0.284. The zero-order chi connectivity index (χ0) is 53.1. The Hall–Kier alpha value is -6.39. The second-order valence-corrected chi connectivity index (χ2v) is 22.8. The van der Waals surface area contributed by atoms with Gasteiger partial charge in [0.2, 0.25) is 0 Å². The van der Waals surface area contributed by atoms with Gasteiger partial charge in [-0.25, -0.2) is 0 Å². The van der Waals surface area contributed by atoms with Gasteiger partial charge in [0.05, 0.1) is 22.4 Å². The van der Waals surface area contributed by atoms with Crippen molar-refractivity contribution in [3.63, 3.8) is 0 Å². The van der Waals surface area contributed by atoms with E-state index >= 15 is 0 Å². The monoisotopic (exact) mass is 1130 g/mol. The van der Waals surface area contributed by atoms with Crippen LogP contribution < -0.4 is 0 Å². The van der Waals surface area contributed by atoms with E-state index in [4.69, 9.17) is 13.5 Å². The number of imidazole rings is 1. The predicted octanol–water partition coefficient (Wildman–Crippen LogP) is 18.7. The van der Waals surface area contributed by atoms with E-state index in [0.717, 1.165) is 44.5 Å². The van der Waals surface area contributed by atoms with Crippen molar-refractivity contribution in [2.75, 3.05) is 0 Å². The Morgan fingerprint density at radius 1 is 0.597 bits per heavy atom. The van der Waals surface area contributed by atoms with Gasteiger partial charge in [-0.2, -0.15) is 0 Å². The van der Waals surface area contributed by atoms with Crippen LogP contribution in [0, 0.1) is 19.0 Å². The molecule has 0 saturated carbocycles. The first kappa shape index (κ1) is 47.9. The zero-order valence-electron chi connectivity index (χ0n) is 47.2. The van der Waals surface area contributed by atoms with Crippen molar-refractivity contribution in [2.24, 2.45) is 0 Å². The normalized spacial score (nSPS) is 13.0. The van der Waals surface area contributed by atoms with Crippen molar-refractivity contribution >= 4 is 33.0 Å². The molecule has 369 valence electrons. The molecule has 5 heteroatoms. The molecule has 0 bridgehead atoms. The van der Waals surface area contributed by atoms with E-state index in [-0.39, 0.29) is 53.7 Å². The van der Waals surface area contributed by atoms with Crippen molar-refractivity contribution in [3.8, 4) is 50.6 Å². The number of hydrogen-bond acceptors (Lipinski definition) is 3. The Morgan fingerprint density at radius 2 is 1.22 bits per heavy atom.